The van der Waals surface area contributed by atoms with Crippen LogP contribution in [-0.2, 0) is 11.3 Å². The van der Waals surface area contributed by atoms with Gasteiger partial charge in [-0.05, 0) is 12.1 Å². The van der Waals surface area contributed by atoms with Gasteiger partial charge < -0.3 is 10.4 Å². The van der Waals surface area contributed by atoms with Gasteiger partial charge in [-0.15, -0.1) is 0 Å². The van der Waals surface area contributed by atoms with E-state index in [9.17, 15) is 9.59 Å². The minimum Gasteiger partial charge on any atom is -0.480 e. The van der Waals surface area contributed by atoms with Crippen molar-refractivity contribution < 1.29 is 14.7 Å². The molecule has 2 N–H and O–H groups in total. The van der Waals surface area contributed by atoms with E-state index in [1.807, 2.05) is 0 Å². The van der Waals surface area contributed by atoms with E-state index in [2.05, 4.69) is 15.4 Å². The maximum atomic E-state index is 11.8. The van der Waals surface area contributed by atoms with Crippen molar-refractivity contribution in [1.29, 1.82) is 0 Å². The largest absolute Gasteiger partial charge is 0.480 e. The zero-order valence-electron chi connectivity index (χ0n) is 9.28. The average molecular weight is 246 g/mol. The summed E-state index contributed by atoms with van der Waals surface area (Å²) in [4.78, 5) is 26.0. The molecule has 0 saturated heterocycles. The number of carboxylic acids is 1. The SMILES string of the molecule is O=C(O)Cn1cc(NC(=O)c2ccncc2)cn1. The number of carbonyl (C=O) groups is 2. The Morgan fingerprint density at radius 3 is 2.72 bits per heavy atom. The molecule has 1 amide bonds. The molecule has 18 heavy (non-hydrogen) atoms. The Morgan fingerprint density at radius 1 is 1.33 bits per heavy atom. The van der Waals surface area contributed by atoms with E-state index in [1.165, 1.54) is 29.5 Å². The van der Waals surface area contributed by atoms with Crippen LogP contribution in [0.5, 0.6) is 0 Å². The number of hydrogen-bond acceptors (Lipinski definition) is 4. The summed E-state index contributed by atoms with van der Waals surface area (Å²) in [5.41, 5.74) is 0.911. The second-order valence-electron chi connectivity index (χ2n) is 3.51. The van der Waals surface area contributed by atoms with Crippen molar-refractivity contribution >= 4 is 17.6 Å². The number of aromatic nitrogens is 3. The van der Waals surface area contributed by atoms with Crippen LogP contribution in [0, 0.1) is 0 Å². The lowest BCUT2D eigenvalue weighted by molar-refractivity contribution is -0.137. The molecule has 0 aliphatic carbocycles. The van der Waals surface area contributed by atoms with Crippen molar-refractivity contribution in [1.82, 2.24) is 14.8 Å². The van der Waals surface area contributed by atoms with Crippen molar-refractivity contribution in [2.75, 3.05) is 5.32 Å². The summed E-state index contributed by atoms with van der Waals surface area (Å²) < 4.78 is 1.23. The van der Waals surface area contributed by atoms with E-state index in [0.29, 0.717) is 11.3 Å². The van der Waals surface area contributed by atoms with E-state index in [1.54, 1.807) is 12.1 Å². The number of carbonyl (C=O) groups excluding carboxylic acids is 1. The molecule has 0 aliphatic heterocycles. The number of amides is 1. The molecule has 0 spiro atoms. The number of nitrogens with one attached hydrogen (secondary N) is 1. The fraction of sp³-hybridized carbons (Fsp3) is 0.0909. The second-order valence-corrected chi connectivity index (χ2v) is 3.51. The van der Waals surface area contributed by atoms with Gasteiger partial charge in [0.25, 0.3) is 5.91 Å². The van der Waals surface area contributed by atoms with Crippen LogP contribution in [0.4, 0.5) is 5.69 Å². The Labute approximate surface area is 102 Å². The lowest BCUT2D eigenvalue weighted by atomic mass is 10.2. The third-order valence-electron chi connectivity index (χ3n) is 2.13. The standard InChI is InChI=1S/C11H10N4O3/c16-10(17)7-15-6-9(5-13-15)14-11(18)8-1-3-12-4-2-8/h1-6H,7H2,(H,14,18)(H,16,17). The molecule has 92 valence electrons. The lowest BCUT2D eigenvalue weighted by Crippen LogP contribution is -2.11. The molecule has 2 aromatic heterocycles. The minimum absolute atomic E-state index is 0.245. The number of carboxylic acid groups (broad SMARTS) is 1. The van der Waals surface area contributed by atoms with Crippen LogP contribution in [-0.4, -0.2) is 31.7 Å². The summed E-state index contributed by atoms with van der Waals surface area (Å²) in [7, 11) is 0. The van der Waals surface area contributed by atoms with E-state index >= 15 is 0 Å². The number of hydrogen-bond donors (Lipinski definition) is 2. The Kier molecular flexibility index (Phi) is 3.33. The zero-order chi connectivity index (χ0) is 13.0. The van der Waals surface area contributed by atoms with Gasteiger partial charge in [0.2, 0.25) is 0 Å². The lowest BCUT2D eigenvalue weighted by Gasteiger charge is -2.01. The summed E-state index contributed by atoms with van der Waals surface area (Å²) in [6.45, 7) is -0.245. The Bertz CT molecular complexity index is 565. The number of aliphatic carboxylic acids is 1. The molecule has 0 bridgehead atoms. The van der Waals surface area contributed by atoms with Gasteiger partial charge in [0, 0.05) is 24.2 Å². The predicted molar refractivity (Wildman–Crippen MR) is 62.1 cm³/mol. The quantitative estimate of drug-likeness (QED) is 0.824. The highest BCUT2D eigenvalue weighted by atomic mass is 16.4. The first-order chi connectivity index (χ1) is 8.65. The molecular formula is C11H10N4O3. The highest BCUT2D eigenvalue weighted by Gasteiger charge is 2.07. The van der Waals surface area contributed by atoms with Crippen LogP contribution in [0.3, 0.4) is 0 Å². The Balaban J connectivity index is 2.04. The number of anilines is 1. The maximum absolute atomic E-state index is 11.8. The first-order valence-electron chi connectivity index (χ1n) is 5.11. The van der Waals surface area contributed by atoms with Gasteiger partial charge in [0.1, 0.15) is 6.54 Å². The fourth-order valence-electron chi connectivity index (χ4n) is 1.36. The van der Waals surface area contributed by atoms with Crippen LogP contribution in [0.25, 0.3) is 0 Å². The minimum atomic E-state index is -0.995. The van der Waals surface area contributed by atoms with Gasteiger partial charge in [-0.3, -0.25) is 19.3 Å². The van der Waals surface area contributed by atoms with Crippen LogP contribution in [0.15, 0.2) is 36.9 Å². The smallest absolute Gasteiger partial charge is 0.325 e. The summed E-state index contributed by atoms with van der Waals surface area (Å²) in [5.74, 6) is -1.29. The van der Waals surface area contributed by atoms with Crippen LogP contribution in [0.2, 0.25) is 0 Å². The summed E-state index contributed by atoms with van der Waals surface area (Å²) in [6, 6.07) is 3.16. The monoisotopic (exact) mass is 246 g/mol. The van der Waals surface area contributed by atoms with Gasteiger partial charge in [-0.2, -0.15) is 5.10 Å². The zero-order valence-corrected chi connectivity index (χ0v) is 9.28. The van der Waals surface area contributed by atoms with E-state index < -0.39 is 5.97 Å². The fourth-order valence-corrected chi connectivity index (χ4v) is 1.36. The van der Waals surface area contributed by atoms with Gasteiger partial charge >= 0.3 is 5.97 Å². The van der Waals surface area contributed by atoms with Crippen molar-refractivity contribution in [2.24, 2.45) is 0 Å². The molecule has 0 aromatic carbocycles. The number of nitrogens with zero attached hydrogens (tertiary/aromatic N) is 3. The summed E-state index contributed by atoms with van der Waals surface area (Å²) in [5, 5.41) is 15.0. The molecule has 7 nitrogen and oxygen atoms in total. The van der Waals surface area contributed by atoms with E-state index in [4.69, 9.17) is 5.11 Å². The number of pyridine rings is 1. The highest BCUT2D eigenvalue weighted by molar-refractivity contribution is 6.03. The maximum Gasteiger partial charge on any atom is 0.325 e. The van der Waals surface area contributed by atoms with E-state index in [-0.39, 0.29) is 12.5 Å². The molecule has 2 rings (SSSR count). The summed E-state index contributed by atoms with van der Waals surface area (Å²) in [6.07, 6.45) is 5.88. The Hall–Kier alpha value is -2.70. The van der Waals surface area contributed by atoms with Crippen molar-refractivity contribution in [2.45, 2.75) is 6.54 Å². The topological polar surface area (TPSA) is 97.1 Å². The van der Waals surface area contributed by atoms with Crippen molar-refractivity contribution in [3.63, 3.8) is 0 Å². The molecule has 7 heteroatoms. The van der Waals surface area contributed by atoms with Gasteiger partial charge in [-0.25, -0.2) is 0 Å². The molecule has 0 unspecified atom stereocenters. The summed E-state index contributed by atoms with van der Waals surface area (Å²) >= 11 is 0. The molecule has 0 atom stereocenters. The van der Waals surface area contributed by atoms with Gasteiger partial charge in [-0.1, -0.05) is 0 Å². The molecule has 0 radical (unpaired) electrons. The van der Waals surface area contributed by atoms with Gasteiger partial charge in [0.15, 0.2) is 0 Å². The third kappa shape index (κ3) is 2.91. The second kappa shape index (κ2) is 5.09. The van der Waals surface area contributed by atoms with Crippen molar-refractivity contribution in [3.05, 3.63) is 42.5 Å². The van der Waals surface area contributed by atoms with Crippen LogP contribution < -0.4 is 5.32 Å². The predicted octanol–water partition coefficient (Wildman–Crippen LogP) is 0.615. The van der Waals surface area contributed by atoms with Crippen LogP contribution >= 0.6 is 0 Å². The molecule has 0 fully saturated rings. The number of rotatable bonds is 4. The van der Waals surface area contributed by atoms with Crippen LogP contribution in [0.1, 0.15) is 10.4 Å². The molecule has 0 saturated carbocycles. The third-order valence-corrected chi connectivity index (χ3v) is 2.13. The average Bonchev–Trinajstić information content (AvgIpc) is 2.76. The van der Waals surface area contributed by atoms with Gasteiger partial charge in [0.05, 0.1) is 11.9 Å². The molecular weight excluding hydrogens is 236 g/mol. The first-order valence-corrected chi connectivity index (χ1v) is 5.11. The van der Waals surface area contributed by atoms with Crippen molar-refractivity contribution in [3.8, 4) is 0 Å². The van der Waals surface area contributed by atoms with E-state index in [0.717, 1.165) is 0 Å². The normalized spacial score (nSPS) is 10.0. The molecule has 0 aliphatic rings. The Morgan fingerprint density at radius 2 is 2.06 bits per heavy atom. The highest BCUT2D eigenvalue weighted by Crippen LogP contribution is 2.07. The molecule has 2 heterocycles. The molecule has 2 aromatic rings. The first kappa shape index (κ1) is 11.8.